The summed E-state index contributed by atoms with van der Waals surface area (Å²) < 4.78 is 22.4. The van der Waals surface area contributed by atoms with Crippen LogP contribution in [-0.2, 0) is 60.7 Å². The number of likely N-dealkylation sites (N-methyl/N-ethyl adjacent to an activating group) is 2. The van der Waals surface area contributed by atoms with E-state index < -0.39 is 120 Å². The summed E-state index contributed by atoms with van der Waals surface area (Å²) in [5.74, 6) is -4.53. The van der Waals surface area contributed by atoms with Crippen molar-refractivity contribution in [3.8, 4) is 11.5 Å². The Bertz CT molecular complexity index is 2330. The fourth-order valence-electron chi connectivity index (χ4n) is 11.8. The molecular weight excluding hydrogens is 1030 g/mol. The Hall–Kier alpha value is -6.36. The number of methoxy groups -OCH3 is 2. The van der Waals surface area contributed by atoms with E-state index >= 15 is 0 Å². The molecule has 8 amide bonds. The zero-order valence-electron chi connectivity index (χ0n) is 47.4. The number of aliphatic hydroxyl groups excluding tert-OH is 2. The first-order valence-electron chi connectivity index (χ1n) is 28.3. The maximum Gasteiger partial charge on any atom is 0.252 e. The molecule has 2 saturated carbocycles. The molecule has 22 nitrogen and oxygen atoms in total. The lowest BCUT2D eigenvalue weighted by Gasteiger charge is -2.37. The quantitative estimate of drug-likeness (QED) is 0.165. The van der Waals surface area contributed by atoms with Crippen LogP contribution in [0.4, 0.5) is 0 Å². The number of aliphatic hydroxyl groups is 2. The molecular formula is C58H84N8O14. The second kappa shape index (κ2) is 27.9. The minimum Gasteiger partial charge on any atom is -0.497 e. The first kappa shape index (κ1) is 61.3. The molecule has 2 aromatic carbocycles. The van der Waals surface area contributed by atoms with Crippen LogP contribution >= 0.6 is 0 Å². The van der Waals surface area contributed by atoms with Crippen molar-refractivity contribution < 1.29 is 67.5 Å². The normalized spacial score (nSPS) is 31.9. The molecule has 8 N–H and O–H groups in total. The van der Waals surface area contributed by atoms with Crippen molar-refractivity contribution in [3.63, 3.8) is 0 Å². The average Bonchev–Trinajstić information content (AvgIpc) is 4.02. The van der Waals surface area contributed by atoms with Gasteiger partial charge < -0.3 is 70.9 Å². The Morgan fingerprint density at radius 2 is 0.850 bits per heavy atom. The van der Waals surface area contributed by atoms with E-state index in [1.54, 1.807) is 62.6 Å². The van der Waals surface area contributed by atoms with Crippen LogP contribution in [0.2, 0.25) is 0 Å². The standard InChI is InChI=1S/C58H84N8O14/c1-31(2)23-41-53(71)63-45-29-79-49(47(45)67)55(73)61-44(26-34-17-21-40(78-8)22-18-34)58(76)66(6)38-14-10-12-36(28-38)52(70)60-42(24-32(3)4)54(72)64-46-30-80-50(48(46)68)56(74)62-43(25-33-15-19-39(77-7)20-16-33)57(75)65(5)37-13-9-11-35(27-37)51(69)59-41/h15-22,31-32,35-38,41-50,67-68H,9-14,23-30H2,1-8H3,(H,59,69)(H,60,70)(H,61,73)(H,62,74)(H,63,71)(H,64,72). The maximum absolute atomic E-state index is 14.7. The van der Waals surface area contributed by atoms with Crippen LogP contribution < -0.4 is 41.4 Å². The van der Waals surface area contributed by atoms with Crippen LogP contribution in [0.5, 0.6) is 11.5 Å². The third-order valence-corrected chi connectivity index (χ3v) is 16.5. The van der Waals surface area contributed by atoms with Crippen LogP contribution in [0.15, 0.2) is 48.5 Å². The molecule has 14 atom stereocenters. The molecule has 3 heterocycles. The summed E-state index contributed by atoms with van der Waals surface area (Å²) in [7, 11) is 6.30. The van der Waals surface area contributed by atoms with E-state index in [1.807, 2.05) is 27.7 Å². The molecule has 14 unspecified atom stereocenters. The number of hydrogen-bond donors (Lipinski definition) is 8. The third-order valence-electron chi connectivity index (χ3n) is 16.5. The van der Waals surface area contributed by atoms with Crippen molar-refractivity contribution in [1.82, 2.24) is 41.7 Å². The summed E-state index contributed by atoms with van der Waals surface area (Å²) >= 11 is 0. The predicted molar refractivity (Wildman–Crippen MR) is 292 cm³/mol. The van der Waals surface area contributed by atoms with E-state index in [1.165, 1.54) is 24.0 Å². The SMILES string of the molecule is COc1ccc(CC2NC(=O)C3OCC(NC(=O)C(CC(C)C)NC(=O)C4CCCC(C4)N(C)C(=O)C(Cc4ccc(OC)cc4)NC(=O)C4OCC(NC(=O)C(CC(C)C)NC(=O)C5CCCC(C5)N(C)C2=O)C4O)C3O)cc1. The van der Waals surface area contributed by atoms with Gasteiger partial charge in [0.15, 0.2) is 12.2 Å². The minimum absolute atomic E-state index is 0.0483. The van der Waals surface area contributed by atoms with Crippen LogP contribution in [-0.4, -0.2) is 182 Å². The predicted octanol–water partition coefficient (Wildman–Crippen LogP) is 1.06. The van der Waals surface area contributed by atoms with Gasteiger partial charge in [-0.05, 0) is 98.6 Å². The molecule has 5 fully saturated rings. The average molecular weight is 1120 g/mol. The minimum atomic E-state index is -1.53. The first-order valence-corrected chi connectivity index (χ1v) is 28.3. The van der Waals surface area contributed by atoms with E-state index in [4.69, 9.17) is 18.9 Å². The largest absolute Gasteiger partial charge is 0.497 e. The van der Waals surface area contributed by atoms with Crippen molar-refractivity contribution in [2.45, 2.75) is 177 Å². The van der Waals surface area contributed by atoms with Gasteiger partial charge in [-0.2, -0.15) is 0 Å². The second-order valence-electron chi connectivity index (χ2n) is 23.3. The number of ether oxygens (including phenoxy) is 4. The molecule has 3 saturated heterocycles. The number of carbonyl (C=O) groups is 8. The molecule has 0 radical (unpaired) electrons. The Morgan fingerprint density at radius 3 is 1.19 bits per heavy atom. The number of nitrogens with one attached hydrogen (secondary N) is 6. The number of benzene rings is 2. The van der Waals surface area contributed by atoms with Crippen LogP contribution in [0.25, 0.3) is 0 Å². The molecule has 3 aliphatic heterocycles. The summed E-state index contributed by atoms with van der Waals surface area (Å²) in [6.07, 6.45) is -1.70. The first-order chi connectivity index (χ1) is 38.1. The zero-order chi connectivity index (χ0) is 57.9. The lowest BCUT2D eigenvalue weighted by molar-refractivity contribution is -0.142. The number of carbonyl (C=O) groups excluding carboxylic acids is 8. The Morgan fingerprint density at radius 1 is 0.500 bits per heavy atom. The summed E-state index contributed by atoms with van der Waals surface area (Å²) in [5, 5.41) is 40.4. The van der Waals surface area contributed by atoms with Crippen molar-refractivity contribution >= 4 is 47.3 Å². The Balaban J connectivity index is 1.17. The summed E-state index contributed by atoms with van der Waals surface area (Å²) in [6.45, 7) is 7.13. The highest BCUT2D eigenvalue weighted by atomic mass is 16.5. The van der Waals surface area contributed by atoms with Gasteiger partial charge in [0.1, 0.15) is 47.9 Å². The number of nitrogens with zero attached hydrogens (tertiary/aromatic N) is 2. The lowest BCUT2D eigenvalue weighted by atomic mass is 9.84. The van der Waals surface area contributed by atoms with Gasteiger partial charge in [-0.1, -0.05) is 64.8 Å². The van der Waals surface area contributed by atoms with Gasteiger partial charge in [-0.25, -0.2) is 0 Å². The topological polar surface area (TPSA) is 293 Å². The highest BCUT2D eigenvalue weighted by molar-refractivity contribution is 5.93. The summed E-state index contributed by atoms with van der Waals surface area (Å²) in [4.78, 5) is 117. The molecule has 5 aliphatic rings. The smallest absolute Gasteiger partial charge is 0.252 e. The van der Waals surface area contributed by atoms with Crippen molar-refractivity contribution in [1.29, 1.82) is 0 Å². The van der Waals surface area contributed by atoms with E-state index in [-0.39, 0.29) is 75.4 Å². The highest BCUT2D eigenvalue weighted by Gasteiger charge is 2.46. The Kier molecular flexibility index (Phi) is 21.3. The fraction of sp³-hybridized carbons (Fsp3) is 0.655. The van der Waals surface area contributed by atoms with Crippen molar-refractivity contribution in [3.05, 3.63) is 59.7 Å². The molecule has 22 heteroatoms. The lowest BCUT2D eigenvalue weighted by Crippen LogP contribution is -2.58. The van der Waals surface area contributed by atoms with Gasteiger partial charge in [0, 0.05) is 50.9 Å². The number of hydrogen-bond acceptors (Lipinski definition) is 14. The van der Waals surface area contributed by atoms with Crippen LogP contribution in [0.1, 0.15) is 103 Å². The Labute approximate surface area is 468 Å². The second-order valence-corrected chi connectivity index (χ2v) is 23.3. The van der Waals surface area contributed by atoms with Gasteiger partial charge in [-0.3, -0.25) is 38.4 Å². The zero-order valence-corrected chi connectivity index (χ0v) is 47.4. The van der Waals surface area contributed by atoms with Gasteiger partial charge in [0.2, 0.25) is 35.4 Å². The van der Waals surface area contributed by atoms with E-state index in [9.17, 15) is 48.6 Å². The molecule has 2 aromatic rings. The van der Waals surface area contributed by atoms with Crippen LogP contribution in [0, 0.1) is 23.7 Å². The maximum atomic E-state index is 14.7. The van der Waals surface area contributed by atoms with Gasteiger partial charge in [-0.15, -0.1) is 0 Å². The highest BCUT2D eigenvalue weighted by Crippen LogP contribution is 2.31. The molecule has 8 bridgehead atoms. The number of fused-ring (bicyclic) bond motifs is 8. The van der Waals surface area contributed by atoms with Gasteiger partial charge >= 0.3 is 0 Å². The summed E-state index contributed by atoms with van der Waals surface area (Å²) in [6, 6.07) is 6.66. The van der Waals surface area contributed by atoms with E-state index in [2.05, 4.69) is 31.9 Å². The third kappa shape index (κ3) is 15.5. The number of amides is 8. The van der Waals surface area contributed by atoms with E-state index in [0.717, 1.165) is 0 Å². The van der Waals surface area contributed by atoms with Gasteiger partial charge in [0.25, 0.3) is 11.8 Å². The molecule has 7 rings (SSSR count). The van der Waals surface area contributed by atoms with Crippen LogP contribution in [0.3, 0.4) is 0 Å². The van der Waals surface area contributed by atoms with Crippen molar-refractivity contribution in [2.75, 3.05) is 41.5 Å². The van der Waals surface area contributed by atoms with Gasteiger partial charge in [0.05, 0.1) is 39.5 Å². The molecule has 0 aromatic heterocycles. The fourth-order valence-corrected chi connectivity index (χ4v) is 11.8. The summed E-state index contributed by atoms with van der Waals surface area (Å²) in [5.41, 5.74) is 1.39. The molecule has 2 aliphatic carbocycles. The molecule has 80 heavy (non-hydrogen) atoms. The van der Waals surface area contributed by atoms with Crippen molar-refractivity contribution in [2.24, 2.45) is 23.7 Å². The molecule has 0 spiro atoms. The van der Waals surface area contributed by atoms with E-state index in [0.29, 0.717) is 61.2 Å². The number of rotatable bonds is 10. The monoisotopic (exact) mass is 1120 g/mol. The molecule has 440 valence electrons.